The smallest absolute Gasteiger partial charge is 0.394 e. The number of amides is 1. The lowest BCUT2D eigenvalue weighted by atomic mass is 9.53. The van der Waals surface area contributed by atoms with Gasteiger partial charge < -0.3 is 18.6 Å². The highest BCUT2D eigenvalue weighted by molar-refractivity contribution is 5.95. The van der Waals surface area contributed by atoms with Gasteiger partial charge in [0.15, 0.2) is 11.6 Å². The minimum atomic E-state index is 0.0184. The van der Waals surface area contributed by atoms with E-state index in [0.29, 0.717) is 18.3 Å². The second-order valence-electron chi connectivity index (χ2n) is 12.7. The third-order valence-electron chi connectivity index (χ3n) is 10.1. The van der Waals surface area contributed by atoms with E-state index in [0.717, 1.165) is 93.7 Å². The number of rotatable bonds is 9. The molecular weight excluding hydrogens is 504 g/mol. The van der Waals surface area contributed by atoms with E-state index in [9.17, 15) is 4.79 Å². The van der Waals surface area contributed by atoms with Crippen LogP contribution in [0.15, 0.2) is 39.4 Å². The molecule has 2 bridgehead atoms. The molecule has 5 aliphatic carbocycles. The van der Waals surface area contributed by atoms with Crippen molar-refractivity contribution in [3.63, 3.8) is 0 Å². The molecule has 3 aromatic rings. The topological polar surface area (TPSA) is 94.5 Å². The first-order valence-electron chi connectivity index (χ1n) is 15.4. The van der Waals surface area contributed by atoms with Crippen molar-refractivity contribution < 1.29 is 18.5 Å². The predicted molar refractivity (Wildman–Crippen MR) is 150 cm³/mol. The number of nitrogens with zero attached hydrogens (tertiary/aromatic N) is 4. The van der Waals surface area contributed by atoms with Crippen LogP contribution in [0.2, 0.25) is 0 Å². The summed E-state index contributed by atoms with van der Waals surface area (Å²) < 4.78 is 17.1. The average molecular weight is 545 g/mol. The zero-order valence-electron chi connectivity index (χ0n) is 23.6. The normalized spacial score (nSPS) is 26.6. The molecule has 5 saturated carbocycles. The van der Waals surface area contributed by atoms with Crippen molar-refractivity contribution in [2.24, 2.45) is 11.3 Å². The summed E-state index contributed by atoms with van der Waals surface area (Å²) in [6, 6.07) is 8.19. The molecule has 40 heavy (non-hydrogen) atoms. The Morgan fingerprint density at radius 1 is 1.05 bits per heavy atom. The molecule has 2 heterocycles. The quantitative estimate of drug-likeness (QED) is 0.281. The number of hydrogen-bond donors (Lipinski definition) is 0. The lowest BCUT2D eigenvalue weighted by molar-refractivity contribution is -0.124. The third kappa shape index (κ3) is 4.83. The Morgan fingerprint density at radius 3 is 2.55 bits per heavy atom. The van der Waals surface area contributed by atoms with Crippen molar-refractivity contribution in [1.82, 2.24) is 15.1 Å². The number of benzene rings is 1. The number of aromatic nitrogens is 3. The molecule has 8 nitrogen and oxygen atoms in total. The summed E-state index contributed by atoms with van der Waals surface area (Å²) in [5.41, 5.74) is 2.00. The van der Waals surface area contributed by atoms with E-state index in [1.165, 1.54) is 19.3 Å². The Kier molecular flexibility index (Phi) is 6.67. The highest BCUT2D eigenvalue weighted by Gasteiger charge is 2.53. The molecule has 0 spiro atoms. The lowest BCUT2D eigenvalue weighted by Crippen LogP contribution is -2.51. The monoisotopic (exact) mass is 544 g/mol. The molecule has 8 heteroatoms. The minimum Gasteiger partial charge on any atom is -0.450 e. The zero-order chi connectivity index (χ0) is 27.2. The maximum atomic E-state index is 14.2. The van der Waals surface area contributed by atoms with E-state index in [2.05, 4.69) is 27.2 Å². The maximum Gasteiger partial charge on any atom is 0.394 e. The van der Waals surface area contributed by atoms with E-state index in [1.807, 2.05) is 19.1 Å². The van der Waals surface area contributed by atoms with E-state index >= 15 is 0 Å². The lowest BCUT2D eigenvalue weighted by Gasteiger charge is -2.53. The number of carbonyl (C=O) groups excluding carboxylic acids is 1. The van der Waals surface area contributed by atoms with Gasteiger partial charge in [0.1, 0.15) is 0 Å². The van der Waals surface area contributed by atoms with Crippen LogP contribution in [0.3, 0.4) is 0 Å². The van der Waals surface area contributed by atoms with Crippen LogP contribution in [0.25, 0.3) is 11.3 Å². The van der Waals surface area contributed by atoms with E-state index in [1.54, 1.807) is 6.20 Å². The fraction of sp³-hybridized carbons (Fsp3) is 0.625. The molecule has 212 valence electrons. The summed E-state index contributed by atoms with van der Waals surface area (Å²) in [4.78, 5) is 25.4. The summed E-state index contributed by atoms with van der Waals surface area (Å²) in [5, 5.41) is 4.33. The predicted octanol–water partition coefficient (Wildman–Crippen LogP) is 7.21. The van der Waals surface area contributed by atoms with Gasteiger partial charge in [-0.3, -0.25) is 4.79 Å². The molecule has 0 aliphatic heterocycles. The summed E-state index contributed by atoms with van der Waals surface area (Å²) in [7, 11) is 0. The molecule has 2 aromatic heterocycles. The van der Waals surface area contributed by atoms with E-state index in [4.69, 9.17) is 18.7 Å². The van der Waals surface area contributed by atoms with Crippen LogP contribution in [0.5, 0.6) is 6.08 Å². The zero-order valence-corrected chi connectivity index (χ0v) is 23.6. The third-order valence-corrected chi connectivity index (χ3v) is 10.1. The fourth-order valence-corrected chi connectivity index (χ4v) is 7.39. The number of hydrogen-bond acceptors (Lipinski definition) is 7. The summed E-state index contributed by atoms with van der Waals surface area (Å²) in [6.07, 6.45) is 16.3. The highest BCUT2D eigenvalue weighted by Crippen LogP contribution is 2.58. The second kappa shape index (κ2) is 10.3. The molecular formula is C32H40N4O4. The number of fused-ring (bicyclic) bond motifs is 3. The Labute approximate surface area is 235 Å². The first-order valence-corrected chi connectivity index (χ1v) is 15.4. The largest absolute Gasteiger partial charge is 0.450 e. The first-order chi connectivity index (χ1) is 19.6. The Bertz CT molecular complexity index is 1330. The van der Waals surface area contributed by atoms with Crippen LogP contribution in [-0.4, -0.2) is 34.2 Å². The Hall–Kier alpha value is -3.16. The van der Waals surface area contributed by atoms with Crippen LogP contribution < -0.4 is 9.64 Å². The van der Waals surface area contributed by atoms with Gasteiger partial charge in [-0.15, -0.1) is 0 Å². The molecule has 8 rings (SSSR count). The molecule has 5 fully saturated rings. The second-order valence-corrected chi connectivity index (χ2v) is 12.7. The molecule has 0 saturated heterocycles. The van der Waals surface area contributed by atoms with Crippen molar-refractivity contribution in [3.05, 3.63) is 42.2 Å². The standard InChI is InChI=1S/C32H40N4O4/c1-2-38-30-33-20-26(39-30)24-9-6-10-25(19-24)36(28(37)23-7-4-3-5-8-23)21-31-13-16-32(17-14-31,18-15-31)29-34-27(35-40-29)22-11-12-22/h6,9-10,19-20,22-23H,2-5,7-8,11-18,21H2,1H3. The Morgan fingerprint density at radius 2 is 1.82 bits per heavy atom. The SMILES string of the molecule is CCOc1ncc(-c2cccc(N(CC34CCC(c5nc(C6CC6)no5)(CC3)CC4)C(=O)C3CCCCC3)c2)o1. The van der Waals surface area contributed by atoms with Gasteiger partial charge in [-0.05, 0) is 88.7 Å². The Balaban J connectivity index is 1.14. The van der Waals surface area contributed by atoms with Gasteiger partial charge in [0.25, 0.3) is 0 Å². The van der Waals surface area contributed by atoms with Crippen LogP contribution in [0, 0.1) is 11.3 Å². The first kappa shape index (κ1) is 25.8. The van der Waals surface area contributed by atoms with Crippen molar-refractivity contribution in [3.8, 4) is 17.4 Å². The maximum absolute atomic E-state index is 14.2. The number of carbonyl (C=O) groups is 1. The van der Waals surface area contributed by atoms with Gasteiger partial charge in [-0.1, -0.05) is 36.6 Å². The average Bonchev–Trinajstić information content (AvgIpc) is 3.53. The van der Waals surface area contributed by atoms with Crippen molar-refractivity contribution in [2.75, 3.05) is 18.1 Å². The summed E-state index contributed by atoms with van der Waals surface area (Å²) in [5.74, 6) is 3.33. The molecule has 1 amide bonds. The van der Waals surface area contributed by atoms with Crippen molar-refractivity contribution in [1.29, 1.82) is 0 Å². The van der Waals surface area contributed by atoms with Crippen LogP contribution in [-0.2, 0) is 10.2 Å². The molecule has 5 aliphatic rings. The number of anilines is 1. The van der Waals surface area contributed by atoms with Gasteiger partial charge in [-0.25, -0.2) is 0 Å². The fourth-order valence-electron chi connectivity index (χ4n) is 7.39. The van der Waals surface area contributed by atoms with E-state index in [-0.39, 0.29) is 28.7 Å². The number of ether oxygens (including phenoxy) is 1. The van der Waals surface area contributed by atoms with Crippen LogP contribution in [0.1, 0.15) is 108 Å². The highest BCUT2D eigenvalue weighted by atomic mass is 16.6. The van der Waals surface area contributed by atoms with Crippen LogP contribution in [0.4, 0.5) is 5.69 Å². The van der Waals surface area contributed by atoms with Crippen LogP contribution >= 0.6 is 0 Å². The summed E-state index contributed by atoms with van der Waals surface area (Å²) in [6.45, 7) is 3.17. The van der Waals surface area contributed by atoms with Gasteiger partial charge in [-0.2, -0.15) is 9.97 Å². The van der Waals surface area contributed by atoms with Gasteiger partial charge >= 0.3 is 6.08 Å². The minimum absolute atomic E-state index is 0.0184. The van der Waals surface area contributed by atoms with Crippen molar-refractivity contribution in [2.45, 2.75) is 102 Å². The van der Waals surface area contributed by atoms with E-state index < -0.39 is 0 Å². The molecule has 0 unspecified atom stereocenters. The molecule has 0 N–H and O–H groups in total. The molecule has 0 radical (unpaired) electrons. The summed E-state index contributed by atoms with van der Waals surface area (Å²) >= 11 is 0. The molecule has 0 atom stereocenters. The molecule has 1 aromatic carbocycles. The van der Waals surface area contributed by atoms with Gasteiger partial charge in [0, 0.05) is 35.0 Å². The number of oxazole rings is 1. The van der Waals surface area contributed by atoms with Crippen molar-refractivity contribution >= 4 is 11.6 Å². The van der Waals surface area contributed by atoms with Gasteiger partial charge in [0.05, 0.1) is 12.8 Å². The van der Waals surface area contributed by atoms with Gasteiger partial charge in [0.2, 0.25) is 11.8 Å².